The van der Waals surface area contributed by atoms with Crippen molar-refractivity contribution < 1.29 is 23.0 Å². The summed E-state index contributed by atoms with van der Waals surface area (Å²) in [5.74, 6) is 0. The van der Waals surface area contributed by atoms with Crippen LogP contribution in [0.25, 0.3) is 0 Å². The SMILES string of the molecule is CCOC(C)CNCC(O)C(F)(F)F. The number of halogens is 3. The zero-order valence-corrected chi connectivity index (χ0v) is 8.27. The summed E-state index contributed by atoms with van der Waals surface area (Å²) in [7, 11) is 0. The van der Waals surface area contributed by atoms with Crippen molar-refractivity contribution in [1.29, 1.82) is 0 Å². The van der Waals surface area contributed by atoms with Crippen LogP contribution in [0.1, 0.15) is 13.8 Å². The first kappa shape index (κ1) is 13.7. The highest BCUT2D eigenvalue weighted by atomic mass is 19.4. The van der Waals surface area contributed by atoms with Gasteiger partial charge in [-0.1, -0.05) is 0 Å². The monoisotopic (exact) mass is 215 g/mol. The van der Waals surface area contributed by atoms with Gasteiger partial charge >= 0.3 is 6.18 Å². The molecule has 0 saturated carbocycles. The molecule has 0 aromatic carbocycles. The minimum Gasteiger partial charge on any atom is -0.382 e. The molecule has 0 amide bonds. The van der Waals surface area contributed by atoms with Gasteiger partial charge in [0.1, 0.15) is 0 Å². The molecule has 0 aromatic heterocycles. The van der Waals surface area contributed by atoms with Gasteiger partial charge in [0.2, 0.25) is 0 Å². The molecule has 0 aliphatic heterocycles. The third kappa shape index (κ3) is 6.17. The van der Waals surface area contributed by atoms with Crippen LogP contribution in [0.15, 0.2) is 0 Å². The molecule has 0 aromatic rings. The van der Waals surface area contributed by atoms with Crippen LogP contribution in [-0.2, 0) is 4.74 Å². The molecule has 2 unspecified atom stereocenters. The smallest absolute Gasteiger partial charge is 0.382 e. The van der Waals surface area contributed by atoms with Crippen molar-refractivity contribution >= 4 is 0 Å². The summed E-state index contributed by atoms with van der Waals surface area (Å²) in [4.78, 5) is 0. The third-order valence-electron chi connectivity index (χ3n) is 1.60. The van der Waals surface area contributed by atoms with E-state index in [1.165, 1.54) is 0 Å². The Bertz CT molecular complexity index is 152. The molecule has 0 saturated heterocycles. The predicted octanol–water partition coefficient (Wildman–Crippen LogP) is 0.924. The molecule has 0 aliphatic rings. The number of rotatable bonds is 6. The van der Waals surface area contributed by atoms with Gasteiger partial charge in [0.25, 0.3) is 0 Å². The highest BCUT2D eigenvalue weighted by Crippen LogP contribution is 2.19. The van der Waals surface area contributed by atoms with Gasteiger partial charge in [0, 0.05) is 19.7 Å². The number of aliphatic hydroxyl groups is 1. The average molecular weight is 215 g/mol. The third-order valence-corrected chi connectivity index (χ3v) is 1.60. The molecule has 0 fully saturated rings. The Morgan fingerprint density at radius 3 is 2.36 bits per heavy atom. The van der Waals surface area contributed by atoms with Crippen LogP contribution in [0.2, 0.25) is 0 Å². The molecule has 2 atom stereocenters. The molecule has 6 heteroatoms. The second-order valence-electron chi connectivity index (χ2n) is 2.98. The average Bonchev–Trinajstić information content (AvgIpc) is 2.02. The molecular weight excluding hydrogens is 199 g/mol. The predicted molar refractivity (Wildman–Crippen MR) is 46.0 cm³/mol. The van der Waals surface area contributed by atoms with E-state index >= 15 is 0 Å². The Balaban J connectivity index is 3.54. The minimum absolute atomic E-state index is 0.152. The Kier molecular flexibility index (Phi) is 6.06. The van der Waals surface area contributed by atoms with Crippen LogP contribution in [0, 0.1) is 0 Å². The van der Waals surface area contributed by atoms with E-state index in [4.69, 9.17) is 9.84 Å². The van der Waals surface area contributed by atoms with Crippen molar-refractivity contribution in [3.8, 4) is 0 Å². The molecule has 0 rings (SSSR count). The lowest BCUT2D eigenvalue weighted by molar-refractivity contribution is -0.202. The number of nitrogens with one attached hydrogen (secondary N) is 1. The van der Waals surface area contributed by atoms with E-state index < -0.39 is 18.8 Å². The lowest BCUT2D eigenvalue weighted by Crippen LogP contribution is -2.40. The zero-order valence-electron chi connectivity index (χ0n) is 8.27. The summed E-state index contributed by atoms with van der Waals surface area (Å²) in [5.41, 5.74) is 0. The molecule has 0 heterocycles. The van der Waals surface area contributed by atoms with Gasteiger partial charge in [-0.05, 0) is 13.8 Å². The van der Waals surface area contributed by atoms with Gasteiger partial charge in [-0.3, -0.25) is 0 Å². The van der Waals surface area contributed by atoms with E-state index in [2.05, 4.69) is 5.32 Å². The standard InChI is InChI=1S/C8H16F3NO2/c1-3-14-6(2)4-12-5-7(13)8(9,10)11/h6-7,12-13H,3-5H2,1-2H3. The topological polar surface area (TPSA) is 41.5 Å². The molecule has 2 N–H and O–H groups in total. The summed E-state index contributed by atoms with van der Waals surface area (Å²) in [6.45, 7) is 3.87. The lowest BCUT2D eigenvalue weighted by atomic mass is 10.3. The first-order valence-electron chi connectivity index (χ1n) is 4.45. The first-order chi connectivity index (χ1) is 6.38. The van der Waals surface area contributed by atoms with Crippen molar-refractivity contribution in [3.63, 3.8) is 0 Å². The highest BCUT2D eigenvalue weighted by molar-refractivity contribution is 4.68. The van der Waals surface area contributed by atoms with Gasteiger partial charge in [0.15, 0.2) is 6.10 Å². The number of ether oxygens (including phenoxy) is 1. The number of alkyl halides is 3. The van der Waals surface area contributed by atoms with Crippen molar-refractivity contribution in [2.45, 2.75) is 32.2 Å². The maximum Gasteiger partial charge on any atom is 0.415 e. The Morgan fingerprint density at radius 2 is 1.93 bits per heavy atom. The number of aliphatic hydroxyl groups excluding tert-OH is 1. The van der Waals surface area contributed by atoms with Crippen LogP contribution >= 0.6 is 0 Å². The van der Waals surface area contributed by atoms with Gasteiger partial charge in [-0.2, -0.15) is 13.2 Å². The molecular formula is C8H16F3NO2. The molecule has 0 bridgehead atoms. The van der Waals surface area contributed by atoms with E-state index in [0.717, 1.165) is 0 Å². The maximum absolute atomic E-state index is 11.8. The summed E-state index contributed by atoms with van der Waals surface area (Å²) < 4.78 is 40.5. The van der Waals surface area contributed by atoms with Gasteiger partial charge in [-0.15, -0.1) is 0 Å². The minimum atomic E-state index is -4.55. The lowest BCUT2D eigenvalue weighted by Gasteiger charge is -2.17. The van der Waals surface area contributed by atoms with E-state index in [1.54, 1.807) is 13.8 Å². The van der Waals surface area contributed by atoms with Crippen molar-refractivity contribution in [2.75, 3.05) is 19.7 Å². The fraction of sp³-hybridized carbons (Fsp3) is 1.00. The zero-order chi connectivity index (χ0) is 11.2. The summed E-state index contributed by atoms with van der Waals surface area (Å²) in [5, 5.41) is 11.1. The number of hydrogen-bond acceptors (Lipinski definition) is 3. The van der Waals surface area contributed by atoms with E-state index in [-0.39, 0.29) is 6.10 Å². The summed E-state index contributed by atoms with van der Waals surface area (Å²) in [6.07, 6.45) is -7.02. The van der Waals surface area contributed by atoms with E-state index in [9.17, 15) is 13.2 Å². The van der Waals surface area contributed by atoms with Crippen molar-refractivity contribution in [1.82, 2.24) is 5.32 Å². The van der Waals surface area contributed by atoms with Crippen LogP contribution in [0.5, 0.6) is 0 Å². The quantitative estimate of drug-likeness (QED) is 0.692. The highest BCUT2D eigenvalue weighted by Gasteiger charge is 2.37. The largest absolute Gasteiger partial charge is 0.415 e. The normalized spacial score (nSPS) is 16.7. The molecule has 3 nitrogen and oxygen atoms in total. The van der Waals surface area contributed by atoms with Gasteiger partial charge in [0.05, 0.1) is 6.10 Å². The van der Waals surface area contributed by atoms with Crippen LogP contribution in [0.3, 0.4) is 0 Å². The number of hydrogen-bond donors (Lipinski definition) is 2. The molecule has 0 spiro atoms. The van der Waals surface area contributed by atoms with Crippen LogP contribution in [-0.4, -0.2) is 43.2 Å². The van der Waals surface area contributed by atoms with Crippen LogP contribution < -0.4 is 5.32 Å². The van der Waals surface area contributed by atoms with Gasteiger partial charge in [-0.25, -0.2) is 0 Å². The van der Waals surface area contributed by atoms with Crippen LogP contribution in [0.4, 0.5) is 13.2 Å². The summed E-state index contributed by atoms with van der Waals surface area (Å²) in [6, 6.07) is 0. The van der Waals surface area contributed by atoms with Gasteiger partial charge < -0.3 is 15.2 Å². The fourth-order valence-corrected chi connectivity index (χ4v) is 0.882. The Labute approximate surface area is 81.2 Å². The second kappa shape index (κ2) is 6.21. The molecule has 14 heavy (non-hydrogen) atoms. The molecule has 0 aliphatic carbocycles. The van der Waals surface area contributed by atoms with E-state index in [1.807, 2.05) is 0 Å². The Morgan fingerprint density at radius 1 is 1.36 bits per heavy atom. The van der Waals surface area contributed by atoms with Crippen molar-refractivity contribution in [2.24, 2.45) is 0 Å². The Hall–Kier alpha value is -0.330. The maximum atomic E-state index is 11.8. The summed E-state index contributed by atoms with van der Waals surface area (Å²) >= 11 is 0. The first-order valence-corrected chi connectivity index (χ1v) is 4.45. The second-order valence-corrected chi connectivity index (χ2v) is 2.98. The fourth-order valence-electron chi connectivity index (χ4n) is 0.882. The van der Waals surface area contributed by atoms with E-state index in [0.29, 0.717) is 13.2 Å². The molecule has 0 radical (unpaired) electrons. The van der Waals surface area contributed by atoms with Crippen molar-refractivity contribution in [3.05, 3.63) is 0 Å². The molecule has 86 valence electrons.